The summed E-state index contributed by atoms with van der Waals surface area (Å²) in [5.41, 5.74) is 3.33. The average Bonchev–Trinajstić information content (AvgIpc) is 2.75. The number of aliphatic hydroxyl groups excluding tert-OH is 1. The van der Waals surface area contributed by atoms with Crippen molar-refractivity contribution in [3.05, 3.63) is 95.6 Å². The van der Waals surface area contributed by atoms with Crippen LogP contribution in [0.2, 0.25) is 0 Å². The van der Waals surface area contributed by atoms with Gasteiger partial charge in [-0.3, -0.25) is 0 Å². The van der Waals surface area contributed by atoms with Crippen LogP contribution in [0.5, 0.6) is 11.5 Å². The van der Waals surface area contributed by atoms with Gasteiger partial charge in [0.1, 0.15) is 19.2 Å². The lowest BCUT2D eigenvalue weighted by molar-refractivity contribution is -0.677. The average molecular weight is 378 g/mol. The van der Waals surface area contributed by atoms with Crippen molar-refractivity contribution in [2.45, 2.75) is 19.1 Å². The molecule has 0 unspecified atom stereocenters. The molecule has 0 heterocycles. The Kier molecular flexibility index (Phi) is 7.47. The molecular weight excluding hydrogens is 350 g/mol. The second-order valence-electron chi connectivity index (χ2n) is 6.72. The lowest BCUT2D eigenvalue weighted by Gasteiger charge is -2.13. The molecule has 0 aliphatic heterocycles. The van der Waals surface area contributed by atoms with E-state index in [0.717, 1.165) is 35.6 Å². The number of ether oxygens (including phenoxy) is 2. The van der Waals surface area contributed by atoms with E-state index in [1.165, 1.54) is 5.56 Å². The van der Waals surface area contributed by atoms with Crippen LogP contribution in [0.4, 0.5) is 0 Å². The number of hydrogen-bond donors (Lipinski definition) is 2. The Hall–Kier alpha value is -2.82. The summed E-state index contributed by atoms with van der Waals surface area (Å²) >= 11 is 0. The molecule has 0 saturated heterocycles. The summed E-state index contributed by atoms with van der Waals surface area (Å²) in [4.78, 5) is 0. The number of benzene rings is 3. The molecule has 4 heteroatoms. The number of rotatable bonds is 10. The smallest absolute Gasteiger partial charge is 0.161 e. The lowest BCUT2D eigenvalue weighted by Crippen LogP contribution is -2.83. The molecule has 0 aromatic heterocycles. The van der Waals surface area contributed by atoms with Crippen LogP contribution in [0.25, 0.3) is 0 Å². The SMILES string of the molecule is COc1cc(C[NH2+]C[C@@H](O)c2ccccc2)ccc1OCCc1ccccc1. The van der Waals surface area contributed by atoms with E-state index >= 15 is 0 Å². The van der Waals surface area contributed by atoms with Crippen LogP contribution in [-0.4, -0.2) is 25.4 Å². The van der Waals surface area contributed by atoms with E-state index in [2.05, 4.69) is 17.4 Å². The fraction of sp³-hybridized carbons (Fsp3) is 0.250. The number of aliphatic hydroxyl groups is 1. The predicted octanol–water partition coefficient (Wildman–Crippen LogP) is 3.11. The minimum atomic E-state index is -0.469. The molecule has 0 amide bonds. The van der Waals surface area contributed by atoms with Crippen LogP contribution in [0.15, 0.2) is 78.9 Å². The molecule has 3 aromatic rings. The van der Waals surface area contributed by atoms with E-state index in [1.807, 2.05) is 66.7 Å². The van der Waals surface area contributed by atoms with E-state index in [1.54, 1.807) is 7.11 Å². The highest BCUT2D eigenvalue weighted by atomic mass is 16.5. The van der Waals surface area contributed by atoms with Crippen LogP contribution >= 0.6 is 0 Å². The lowest BCUT2D eigenvalue weighted by atomic mass is 10.1. The summed E-state index contributed by atoms with van der Waals surface area (Å²) in [6.45, 7) is 1.99. The molecule has 0 saturated carbocycles. The molecule has 0 aliphatic carbocycles. The van der Waals surface area contributed by atoms with Crippen LogP contribution < -0.4 is 14.8 Å². The summed E-state index contributed by atoms with van der Waals surface area (Å²) in [7, 11) is 1.66. The largest absolute Gasteiger partial charge is 0.493 e. The van der Waals surface area contributed by atoms with Crippen LogP contribution in [0, 0.1) is 0 Å². The van der Waals surface area contributed by atoms with Gasteiger partial charge in [0.15, 0.2) is 11.5 Å². The second kappa shape index (κ2) is 10.5. The van der Waals surface area contributed by atoms with Crippen molar-refractivity contribution >= 4 is 0 Å². The maximum atomic E-state index is 10.3. The third-order valence-electron chi connectivity index (χ3n) is 4.67. The molecule has 0 radical (unpaired) electrons. The van der Waals surface area contributed by atoms with Crippen molar-refractivity contribution in [3.63, 3.8) is 0 Å². The molecule has 4 nitrogen and oxygen atoms in total. The van der Waals surface area contributed by atoms with E-state index in [0.29, 0.717) is 13.2 Å². The molecule has 0 aliphatic rings. The summed E-state index contributed by atoms with van der Waals surface area (Å²) in [5, 5.41) is 12.4. The molecule has 3 rings (SSSR count). The fourth-order valence-corrected chi connectivity index (χ4v) is 3.10. The van der Waals surface area contributed by atoms with Crippen LogP contribution in [0.3, 0.4) is 0 Å². The quantitative estimate of drug-likeness (QED) is 0.570. The van der Waals surface area contributed by atoms with E-state index in [-0.39, 0.29) is 0 Å². The summed E-state index contributed by atoms with van der Waals surface area (Å²) in [6, 6.07) is 26.0. The normalized spacial score (nSPS) is 11.8. The van der Waals surface area contributed by atoms with Crippen molar-refractivity contribution in [2.24, 2.45) is 0 Å². The van der Waals surface area contributed by atoms with Gasteiger partial charge in [0.2, 0.25) is 0 Å². The first-order valence-electron chi connectivity index (χ1n) is 9.64. The third kappa shape index (κ3) is 5.84. The molecule has 3 aromatic carbocycles. The highest BCUT2D eigenvalue weighted by molar-refractivity contribution is 5.42. The van der Waals surface area contributed by atoms with Gasteiger partial charge in [0.05, 0.1) is 13.7 Å². The maximum Gasteiger partial charge on any atom is 0.161 e. The summed E-state index contributed by atoms with van der Waals surface area (Å²) in [6.07, 6.45) is 0.389. The number of methoxy groups -OCH3 is 1. The zero-order valence-electron chi connectivity index (χ0n) is 16.3. The Labute approximate surface area is 166 Å². The summed E-state index contributed by atoms with van der Waals surface area (Å²) < 4.78 is 11.4. The maximum absolute atomic E-state index is 10.3. The molecule has 0 bridgehead atoms. The second-order valence-corrected chi connectivity index (χ2v) is 6.72. The number of quaternary nitrogens is 1. The van der Waals surface area contributed by atoms with Crippen molar-refractivity contribution in [3.8, 4) is 11.5 Å². The molecule has 28 heavy (non-hydrogen) atoms. The van der Waals surface area contributed by atoms with Gasteiger partial charge >= 0.3 is 0 Å². The highest BCUT2D eigenvalue weighted by Gasteiger charge is 2.10. The molecule has 0 fully saturated rings. The number of hydrogen-bond acceptors (Lipinski definition) is 3. The summed E-state index contributed by atoms with van der Waals surface area (Å²) in [5.74, 6) is 1.49. The van der Waals surface area contributed by atoms with Crippen LogP contribution in [-0.2, 0) is 13.0 Å². The topological polar surface area (TPSA) is 55.3 Å². The number of nitrogens with two attached hydrogens (primary N) is 1. The molecular formula is C24H28NO3+. The first kappa shape index (κ1) is 19.9. The Bertz CT molecular complexity index is 837. The van der Waals surface area contributed by atoms with Gasteiger partial charge in [-0.1, -0.05) is 60.7 Å². The minimum absolute atomic E-state index is 0.469. The molecule has 146 valence electrons. The Morgan fingerprint density at radius 3 is 2.29 bits per heavy atom. The fourth-order valence-electron chi connectivity index (χ4n) is 3.10. The molecule has 0 spiro atoms. The van der Waals surface area contributed by atoms with Crippen molar-refractivity contribution < 1.29 is 19.9 Å². The minimum Gasteiger partial charge on any atom is -0.493 e. The molecule has 3 N–H and O–H groups in total. The van der Waals surface area contributed by atoms with Crippen LogP contribution in [0.1, 0.15) is 22.8 Å². The zero-order valence-corrected chi connectivity index (χ0v) is 16.3. The van der Waals surface area contributed by atoms with E-state index in [4.69, 9.17) is 9.47 Å². The van der Waals surface area contributed by atoms with Gasteiger partial charge in [-0.25, -0.2) is 0 Å². The van der Waals surface area contributed by atoms with E-state index < -0.39 is 6.10 Å². The first-order chi connectivity index (χ1) is 13.8. The highest BCUT2D eigenvalue weighted by Crippen LogP contribution is 2.28. The first-order valence-corrected chi connectivity index (χ1v) is 9.64. The standard InChI is InChI=1S/C24H27NO3/c1-27-24-16-20(17-25-18-22(26)21-10-6-3-7-11-21)12-13-23(24)28-15-14-19-8-4-2-5-9-19/h2-13,16,22,25-26H,14-15,17-18H2,1H3/p+1/t22-/m1/s1. The van der Waals surface area contributed by atoms with E-state index in [9.17, 15) is 5.11 Å². The monoisotopic (exact) mass is 378 g/mol. The third-order valence-corrected chi connectivity index (χ3v) is 4.67. The van der Waals surface area contributed by atoms with Crippen molar-refractivity contribution in [2.75, 3.05) is 20.3 Å². The zero-order chi connectivity index (χ0) is 19.6. The van der Waals surface area contributed by atoms with Gasteiger partial charge < -0.3 is 19.9 Å². The van der Waals surface area contributed by atoms with Gasteiger partial charge in [0, 0.05) is 12.0 Å². The van der Waals surface area contributed by atoms with Gasteiger partial charge in [-0.15, -0.1) is 0 Å². The molecule has 1 atom stereocenters. The van der Waals surface area contributed by atoms with Gasteiger partial charge in [-0.2, -0.15) is 0 Å². The van der Waals surface area contributed by atoms with Gasteiger partial charge in [-0.05, 0) is 29.3 Å². The van der Waals surface area contributed by atoms with Crippen molar-refractivity contribution in [1.82, 2.24) is 0 Å². The van der Waals surface area contributed by atoms with Crippen molar-refractivity contribution in [1.29, 1.82) is 0 Å². The van der Waals surface area contributed by atoms with Gasteiger partial charge in [0.25, 0.3) is 0 Å². The Balaban J connectivity index is 1.49. The predicted molar refractivity (Wildman–Crippen MR) is 111 cm³/mol. The Morgan fingerprint density at radius 2 is 1.57 bits per heavy atom. The Morgan fingerprint density at radius 1 is 0.857 bits per heavy atom.